The molecule has 3 aromatic rings. The molecule has 0 aliphatic heterocycles. The summed E-state index contributed by atoms with van der Waals surface area (Å²) in [6.07, 6.45) is 3.20. The molecule has 0 radical (unpaired) electrons. The predicted octanol–water partition coefficient (Wildman–Crippen LogP) is 3.58. The minimum atomic E-state index is -0.00927. The fraction of sp³-hybridized carbons (Fsp3) is 0.200. The number of benzene rings is 2. The summed E-state index contributed by atoms with van der Waals surface area (Å²) >= 11 is 0. The van der Waals surface area contributed by atoms with Gasteiger partial charge >= 0.3 is 0 Å². The van der Waals surface area contributed by atoms with Gasteiger partial charge in [-0.1, -0.05) is 42.5 Å². The van der Waals surface area contributed by atoms with Crippen molar-refractivity contribution >= 4 is 5.91 Å². The Hall–Kier alpha value is -2.88. The fourth-order valence-corrected chi connectivity index (χ4v) is 3.52. The highest BCUT2D eigenvalue weighted by Crippen LogP contribution is 2.60. The molecule has 1 N–H and O–H groups in total. The third-order valence-corrected chi connectivity index (χ3v) is 4.73. The molecular weight excluding hydrogens is 300 g/mol. The van der Waals surface area contributed by atoms with Crippen LogP contribution in [0.2, 0.25) is 0 Å². The number of nitrogens with one attached hydrogen (secondary N) is 1. The van der Waals surface area contributed by atoms with Crippen LogP contribution in [-0.4, -0.2) is 17.9 Å². The summed E-state index contributed by atoms with van der Waals surface area (Å²) in [7, 11) is 1.70. The molecule has 1 fully saturated rings. The van der Waals surface area contributed by atoms with Crippen LogP contribution in [0.1, 0.15) is 23.0 Å². The van der Waals surface area contributed by atoms with E-state index in [1.165, 1.54) is 11.1 Å². The molecule has 0 spiro atoms. The zero-order chi connectivity index (χ0) is 16.5. The summed E-state index contributed by atoms with van der Waals surface area (Å²) in [5, 5.41) is 2.80. The van der Waals surface area contributed by atoms with Gasteiger partial charge in [0.05, 0.1) is 12.1 Å². The molecule has 2 aromatic carbocycles. The van der Waals surface area contributed by atoms with Crippen LogP contribution in [0, 0.1) is 5.92 Å². The maximum atomic E-state index is 12.3. The monoisotopic (exact) mass is 318 g/mol. The zero-order valence-corrected chi connectivity index (χ0v) is 13.3. The number of nitrogens with zero attached hydrogens (tertiary/aromatic N) is 1. The van der Waals surface area contributed by atoms with Crippen molar-refractivity contribution in [2.75, 3.05) is 7.05 Å². The highest BCUT2D eigenvalue weighted by molar-refractivity contribution is 5.85. The van der Waals surface area contributed by atoms with Crippen LogP contribution in [0.5, 0.6) is 0 Å². The predicted molar refractivity (Wildman–Crippen MR) is 91.4 cm³/mol. The van der Waals surface area contributed by atoms with Crippen LogP contribution in [0.25, 0.3) is 11.5 Å². The Labute approximate surface area is 140 Å². The largest absolute Gasteiger partial charge is 0.445 e. The van der Waals surface area contributed by atoms with Gasteiger partial charge in [-0.25, -0.2) is 4.98 Å². The standard InChI is InChI=1S/C20H18N2O2/c1-21-19(23)18-16(13-5-3-2-4-6-13)17(18)14-7-9-15(10-8-14)20-22-11-12-24-20/h2-12,16-18H,1H3,(H,21,23)/t16-,17-,18-/m1/s1. The lowest BCUT2D eigenvalue weighted by atomic mass is 10.0. The van der Waals surface area contributed by atoms with Crippen LogP contribution in [0.3, 0.4) is 0 Å². The van der Waals surface area contributed by atoms with Crippen LogP contribution < -0.4 is 5.32 Å². The average molecular weight is 318 g/mol. The quantitative estimate of drug-likeness (QED) is 0.800. The number of aromatic nitrogens is 1. The molecule has 0 bridgehead atoms. The Morgan fingerprint density at radius 3 is 2.25 bits per heavy atom. The average Bonchev–Trinajstić information content (AvgIpc) is 3.15. The summed E-state index contributed by atoms with van der Waals surface area (Å²) < 4.78 is 5.33. The van der Waals surface area contributed by atoms with Gasteiger partial charge < -0.3 is 9.73 Å². The molecule has 1 aliphatic carbocycles. The summed E-state index contributed by atoms with van der Waals surface area (Å²) in [5.74, 6) is 1.15. The molecule has 0 unspecified atom stereocenters. The SMILES string of the molecule is CNC(=O)[C@@H]1[C@H](c2ccccc2)[C@H]1c1ccc(-c2ncco2)cc1. The van der Waals surface area contributed by atoms with E-state index in [0.29, 0.717) is 5.89 Å². The molecule has 3 atom stereocenters. The van der Waals surface area contributed by atoms with Crippen molar-refractivity contribution < 1.29 is 9.21 Å². The molecule has 4 rings (SSSR count). The van der Waals surface area contributed by atoms with Gasteiger partial charge in [-0.05, 0) is 23.3 Å². The Kier molecular flexibility index (Phi) is 3.65. The maximum Gasteiger partial charge on any atom is 0.225 e. The second-order valence-corrected chi connectivity index (χ2v) is 6.06. The van der Waals surface area contributed by atoms with E-state index in [2.05, 4.69) is 34.6 Å². The van der Waals surface area contributed by atoms with Gasteiger partial charge in [0, 0.05) is 24.4 Å². The lowest BCUT2D eigenvalue weighted by Gasteiger charge is -2.02. The van der Waals surface area contributed by atoms with Crippen LogP contribution >= 0.6 is 0 Å². The van der Waals surface area contributed by atoms with Crippen molar-refractivity contribution in [3.63, 3.8) is 0 Å². The first-order valence-electron chi connectivity index (χ1n) is 8.06. The van der Waals surface area contributed by atoms with Gasteiger partial charge in [-0.3, -0.25) is 4.79 Å². The Bertz CT molecular complexity index is 826. The maximum absolute atomic E-state index is 12.3. The van der Waals surface area contributed by atoms with Crippen LogP contribution in [-0.2, 0) is 4.79 Å². The molecule has 0 saturated heterocycles. The summed E-state index contributed by atoms with van der Waals surface area (Å²) in [6.45, 7) is 0. The Morgan fingerprint density at radius 2 is 1.67 bits per heavy atom. The topological polar surface area (TPSA) is 55.1 Å². The van der Waals surface area contributed by atoms with Crippen molar-refractivity contribution in [3.05, 3.63) is 78.2 Å². The molecule has 120 valence electrons. The third kappa shape index (κ3) is 2.50. The molecular formula is C20H18N2O2. The Morgan fingerprint density at radius 1 is 1.00 bits per heavy atom. The number of rotatable bonds is 4. The lowest BCUT2D eigenvalue weighted by Crippen LogP contribution is -2.20. The van der Waals surface area contributed by atoms with Crippen LogP contribution in [0.4, 0.5) is 0 Å². The molecule has 24 heavy (non-hydrogen) atoms. The Balaban J connectivity index is 1.63. The molecule has 1 amide bonds. The first kappa shape index (κ1) is 14.7. The van der Waals surface area contributed by atoms with Crippen molar-refractivity contribution in [1.82, 2.24) is 10.3 Å². The van der Waals surface area contributed by atoms with E-state index in [-0.39, 0.29) is 23.7 Å². The minimum absolute atomic E-state index is 0.00927. The number of amides is 1. The first-order valence-corrected chi connectivity index (χ1v) is 8.06. The van der Waals surface area contributed by atoms with Crippen molar-refractivity contribution in [3.8, 4) is 11.5 Å². The van der Waals surface area contributed by atoms with E-state index in [4.69, 9.17) is 4.42 Å². The minimum Gasteiger partial charge on any atom is -0.445 e. The van der Waals surface area contributed by atoms with E-state index in [9.17, 15) is 4.79 Å². The van der Waals surface area contributed by atoms with Gasteiger partial charge in [0.25, 0.3) is 0 Å². The van der Waals surface area contributed by atoms with Gasteiger partial charge in [-0.2, -0.15) is 0 Å². The van der Waals surface area contributed by atoms with E-state index in [0.717, 1.165) is 5.56 Å². The smallest absolute Gasteiger partial charge is 0.225 e. The second kappa shape index (κ2) is 5.96. The number of hydrogen-bond acceptors (Lipinski definition) is 3. The molecule has 1 aliphatic rings. The van der Waals surface area contributed by atoms with Gasteiger partial charge in [-0.15, -0.1) is 0 Å². The second-order valence-electron chi connectivity index (χ2n) is 6.06. The summed E-state index contributed by atoms with van der Waals surface area (Å²) in [5.41, 5.74) is 3.33. The first-order chi connectivity index (χ1) is 11.8. The summed E-state index contributed by atoms with van der Waals surface area (Å²) in [6, 6.07) is 18.4. The van der Waals surface area contributed by atoms with E-state index >= 15 is 0 Å². The molecule has 4 nitrogen and oxygen atoms in total. The third-order valence-electron chi connectivity index (χ3n) is 4.73. The number of hydrogen-bond donors (Lipinski definition) is 1. The number of oxazole rings is 1. The summed E-state index contributed by atoms with van der Waals surface area (Å²) in [4.78, 5) is 16.4. The highest BCUT2D eigenvalue weighted by Gasteiger charge is 2.55. The molecule has 1 saturated carbocycles. The van der Waals surface area contributed by atoms with Crippen molar-refractivity contribution in [1.29, 1.82) is 0 Å². The van der Waals surface area contributed by atoms with Crippen LogP contribution in [0.15, 0.2) is 71.5 Å². The van der Waals surface area contributed by atoms with Gasteiger partial charge in [0.1, 0.15) is 6.26 Å². The zero-order valence-electron chi connectivity index (χ0n) is 13.3. The highest BCUT2D eigenvalue weighted by atomic mass is 16.3. The molecule has 4 heteroatoms. The molecule has 1 heterocycles. The van der Waals surface area contributed by atoms with E-state index in [1.807, 2.05) is 30.3 Å². The van der Waals surface area contributed by atoms with Gasteiger partial charge in [0.2, 0.25) is 11.8 Å². The fourth-order valence-electron chi connectivity index (χ4n) is 3.52. The van der Waals surface area contributed by atoms with Crippen molar-refractivity contribution in [2.24, 2.45) is 5.92 Å². The molecule has 1 aromatic heterocycles. The number of carbonyl (C=O) groups is 1. The van der Waals surface area contributed by atoms with E-state index in [1.54, 1.807) is 19.5 Å². The van der Waals surface area contributed by atoms with E-state index < -0.39 is 0 Å². The lowest BCUT2D eigenvalue weighted by molar-refractivity contribution is -0.122. The normalized spacial score (nSPS) is 22.1. The van der Waals surface area contributed by atoms with Crippen molar-refractivity contribution in [2.45, 2.75) is 11.8 Å². The van der Waals surface area contributed by atoms with Gasteiger partial charge in [0.15, 0.2) is 0 Å². The number of carbonyl (C=O) groups excluding carboxylic acids is 1.